The molecule has 4 aromatic rings. The van der Waals surface area contributed by atoms with Crippen molar-refractivity contribution in [2.45, 2.75) is 6.92 Å². The molecule has 0 heterocycles. The van der Waals surface area contributed by atoms with E-state index in [1.807, 2.05) is 91.9 Å². The van der Waals surface area contributed by atoms with Gasteiger partial charge in [0.05, 0.1) is 7.11 Å². The minimum Gasteiger partial charge on any atom is -0.623 e. The van der Waals surface area contributed by atoms with E-state index in [1.165, 1.54) is 0 Å². The zero-order valence-corrected chi connectivity index (χ0v) is 17.0. The summed E-state index contributed by atoms with van der Waals surface area (Å²) < 4.78 is 11.1. The normalized spacial score (nSPS) is 11.7. The van der Waals surface area contributed by atoms with Gasteiger partial charge >= 0.3 is 0 Å². The molecule has 0 saturated heterocycles. The molecule has 0 fully saturated rings. The highest BCUT2D eigenvalue weighted by Gasteiger charge is 2.07. The lowest BCUT2D eigenvalue weighted by molar-refractivity contribution is -0.698. The number of methoxy groups -OCH3 is 1. The lowest BCUT2D eigenvalue weighted by atomic mass is 10.1. The fourth-order valence-corrected chi connectivity index (χ4v) is 3.18. The lowest BCUT2D eigenvalue weighted by Crippen LogP contribution is -2.96. The molecule has 0 aliphatic carbocycles. The minimum absolute atomic E-state index is 0.00499. The Kier molecular flexibility index (Phi) is 5.80. The van der Waals surface area contributed by atoms with Gasteiger partial charge in [0.2, 0.25) is 0 Å². The zero-order valence-electron chi connectivity index (χ0n) is 17.0. The van der Waals surface area contributed by atoms with Crippen LogP contribution >= 0.6 is 0 Å². The second-order valence-corrected chi connectivity index (χ2v) is 7.07. The van der Waals surface area contributed by atoms with Crippen molar-refractivity contribution in [1.29, 1.82) is 0 Å². The van der Waals surface area contributed by atoms with E-state index < -0.39 is 0 Å². The van der Waals surface area contributed by atoms with Gasteiger partial charge in [-0.15, -0.1) is 0 Å². The van der Waals surface area contributed by atoms with E-state index >= 15 is 0 Å². The number of rotatable bonds is 6. The first-order chi connectivity index (χ1) is 14.6. The Morgan fingerprint density at radius 3 is 1.43 bits per heavy atom. The van der Waals surface area contributed by atoms with Gasteiger partial charge in [-0.05, 0) is 54.4 Å². The summed E-state index contributed by atoms with van der Waals surface area (Å²) >= 11 is 0. The van der Waals surface area contributed by atoms with Crippen molar-refractivity contribution in [3.63, 3.8) is 0 Å². The van der Waals surface area contributed by atoms with E-state index in [-0.39, 0.29) is 5.06 Å². The monoisotopic (exact) mass is 397 g/mol. The van der Waals surface area contributed by atoms with Crippen LogP contribution in [0.15, 0.2) is 97.1 Å². The van der Waals surface area contributed by atoms with Gasteiger partial charge in [0.25, 0.3) is 0 Å². The molecular weight excluding hydrogens is 374 g/mol. The minimum atomic E-state index is 0.00499. The van der Waals surface area contributed by atoms with Gasteiger partial charge in [0, 0.05) is 24.3 Å². The van der Waals surface area contributed by atoms with Gasteiger partial charge in [-0.1, -0.05) is 42.0 Å². The van der Waals surface area contributed by atoms with Gasteiger partial charge in [0.1, 0.15) is 28.6 Å². The average molecular weight is 397 g/mol. The summed E-state index contributed by atoms with van der Waals surface area (Å²) in [5, 5.41) is 12.6. The lowest BCUT2D eigenvalue weighted by Gasteiger charge is -2.21. The maximum Gasteiger partial charge on any atom is 0.136 e. The summed E-state index contributed by atoms with van der Waals surface area (Å²) in [6, 6.07) is 30.7. The molecule has 4 rings (SSSR count). The molecule has 0 aromatic heterocycles. The maximum absolute atomic E-state index is 12.6. The second kappa shape index (κ2) is 8.82. The van der Waals surface area contributed by atoms with Gasteiger partial charge in [-0.3, -0.25) is 0 Å². The first kappa shape index (κ1) is 19.7. The van der Waals surface area contributed by atoms with E-state index in [0.717, 1.165) is 28.2 Å². The van der Waals surface area contributed by atoms with Gasteiger partial charge in [-0.25, -0.2) is 0 Å². The Labute approximate surface area is 176 Å². The van der Waals surface area contributed by atoms with Gasteiger partial charge < -0.3 is 19.7 Å². The number of quaternary nitrogens is 1. The summed E-state index contributed by atoms with van der Waals surface area (Å²) in [6.45, 7) is 2.00. The molecule has 0 bridgehead atoms. The van der Waals surface area contributed by atoms with Crippen LogP contribution in [0.5, 0.6) is 17.2 Å². The molecule has 0 amide bonds. The fourth-order valence-electron chi connectivity index (χ4n) is 3.18. The average Bonchev–Trinajstić information content (AvgIpc) is 2.80. The molecule has 0 aliphatic rings. The standard InChI is InChI=1S/C26H23NO3/c1-19-3-9-22(10-4-19)27(28)23-11-17-26(18-12-23)30-25-15-7-21(8-16-25)20-5-13-24(29-2)14-6-20/h3-18,27H,1-2H3. The van der Waals surface area contributed by atoms with Crippen LogP contribution in [-0.2, 0) is 0 Å². The molecule has 4 nitrogen and oxygen atoms in total. The zero-order chi connectivity index (χ0) is 20.9. The number of hydrogen-bond acceptors (Lipinski definition) is 3. The van der Waals surface area contributed by atoms with Crippen molar-refractivity contribution in [3.05, 3.63) is 108 Å². The Bertz CT molecular complexity index is 1090. The summed E-state index contributed by atoms with van der Waals surface area (Å²) in [6.07, 6.45) is 0. The highest BCUT2D eigenvalue weighted by Crippen LogP contribution is 2.27. The van der Waals surface area contributed by atoms with E-state index in [9.17, 15) is 5.21 Å². The third kappa shape index (κ3) is 4.51. The van der Waals surface area contributed by atoms with Crippen molar-refractivity contribution in [3.8, 4) is 28.4 Å². The molecule has 0 radical (unpaired) electrons. The Balaban J connectivity index is 1.43. The number of aryl methyl sites for hydroxylation is 1. The van der Waals surface area contributed by atoms with Crippen LogP contribution in [0.4, 0.5) is 11.4 Å². The Hall–Kier alpha value is -3.60. The van der Waals surface area contributed by atoms with Crippen molar-refractivity contribution in [2.75, 3.05) is 7.11 Å². The van der Waals surface area contributed by atoms with Crippen molar-refractivity contribution in [2.24, 2.45) is 0 Å². The third-order valence-electron chi connectivity index (χ3n) is 4.94. The molecule has 30 heavy (non-hydrogen) atoms. The smallest absolute Gasteiger partial charge is 0.136 e. The quantitative estimate of drug-likeness (QED) is 0.418. The molecule has 4 heteroatoms. The Morgan fingerprint density at radius 1 is 0.567 bits per heavy atom. The first-order valence-corrected chi connectivity index (χ1v) is 9.76. The highest BCUT2D eigenvalue weighted by atomic mass is 16.5. The molecule has 0 spiro atoms. The predicted molar refractivity (Wildman–Crippen MR) is 120 cm³/mol. The van der Waals surface area contributed by atoms with Crippen molar-refractivity contribution < 1.29 is 14.5 Å². The number of benzene rings is 4. The van der Waals surface area contributed by atoms with Crippen LogP contribution in [0.2, 0.25) is 0 Å². The summed E-state index contributed by atoms with van der Waals surface area (Å²) in [4.78, 5) is 0. The van der Waals surface area contributed by atoms with Crippen molar-refractivity contribution in [1.82, 2.24) is 0 Å². The van der Waals surface area contributed by atoms with Crippen LogP contribution in [0.1, 0.15) is 5.56 Å². The van der Waals surface area contributed by atoms with E-state index in [0.29, 0.717) is 17.1 Å². The molecule has 0 saturated carbocycles. The van der Waals surface area contributed by atoms with Crippen LogP contribution in [0, 0.1) is 12.1 Å². The summed E-state index contributed by atoms with van der Waals surface area (Å²) in [5.41, 5.74) is 4.67. The molecule has 0 aliphatic heterocycles. The summed E-state index contributed by atoms with van der Waals surface area (Å²) in [5.74, 6) is 2.26. The van der Waals surface area contributed by atoms with Crippen LogP contribution < -0.4 is 14.5 Å². The fraction of sp³-hybridized carbons (Fsp3) is 0.0769. The van der Waals surface area contributed by atoms with Gasteiger partial charge in [-0.2, -0.15) is 0 Å². The largest absolute Gasteiger partial charge is 0.623 e. The maximum atomic E-state index is 12.6. The predicted octanol–water partition coefficient (Wildman–Crippen LogP) is 5.81. The molecule has 1 atom stereocenters. The number of ether oxygens (including phenoxy) is 2. The van der Waals surface area contributed by atoms with Crippen LogP contribution in [0.3, 0.4) is 0 Å². The second-order valence-electron chi connectivity index (χ2n) is 7.07. The van der Waals surface area contributed by atoms with Crippen LogP contribution in [0.25, 0.3) is 11.1 Å². The van der Waals surface area contributed by atoms with E-state index in [4.69, 9.17) is 9.47 Å². The first-order valence-electron chi connectivity index (χ1n) is 9.76. The summed E-state index contributed by atoms with van der Waals surface area (Å²) in [7, 11) is 1.66. The Morgan fingerprint density at radius 2 is 0.967 bits per heavy atom. The van der Waals surface area contributed by atoms with Crippen LogP contribution in [-0.4, -0.2) is 7.11 Å². The molecule has 4 aromatic carbocycles. The molecule has 1 unspecified atom stereocenters. The topological polar surface area (TPSA) is 46.0 Å². The number of hydrogen-bond donors (Lipinski definition) is 1. The van der Waals surface area contributed by atoms with Crippen molar-refractivity contribution >= 4 is 11.4 Å². The molecule has 1 N–H and O–H groups in total. The van der Waals surface area contributed by atoms with Gasteiger partial charge in [0.15, 0.2) is 0 Å². The number of nitrogens with one attached hydrogen (secondary N) is 1. The third-order valence-corrected chi connectivity index (χ3v) is 4.94. The molecular formula is C26H23NO3. The van der Waals surface area contributed by atoms with E-state index in [1.54, 1.807) is 19.2 Å². The molecule has 150 valence electrons. The van der Waals surface area contributed by atoms with E-state index in [2.05, 4.69) is 0 Å². The SMILES string of the molecule is COc1ccc(-c2ccc(Oc3ccc([NH+]([O-])c4ccc(C)cc4)cc3)cc2)cc1. The highest BCUT2D eigenvalue weighted by molar-refractivity contribution is 5.65.